The van der Waals surface area contributed by atoms with E-state index in [-0.39, 0.29) is 35.3 Å². The molecule has 0 bridgehead atoms. The SMILES string of the molecule is CCCCNC(=O)C1(NC(=O)Cc2[nH]c(C(C)=O)c(C)c2C(=O)OC)CCCCC1. The van der Waals surface area contributed by atoms with Gasteiger partial charge >= 0.3 is 5.97 Å². The lowest BCUT2D eigenvalue weighted by Gasteiger charge is -2.36. The van der Waals surface area contributed by atoms with E-state index in [1.807, 2.05) is 0 Å². The maximum atomic E-state index is 12.9. The first kappa shape index (κ1) is 23.6. The van der Waals surface area contributed by atoms with Crippen LogP contribution in [0.3, 0.4) is 0 Å². The van der Waals surface area contributed by atoms with Gasteiger partial charge in [0.15, 0.2) is 5.78 Å². The summed E-state index contributed by atoms with van der Waals surface area (Å²) in [4.78, 5) is 52.8. The van der Waals surface area contributed by atoms with E-state index in [0.717, 1.165) is 32.1 Å². The summed E-state index contributed by atoms with van der Waals surface area (Å²) in [5.74, 6) is -1.36. The van der Waals surface area contributed by atoms with Crippen molar-refractivity contribution in [2.75, 3.05) is 13.7 Å². The number of esters is 1. The topological polar surface area (TPSA) is 117 Å². The maximum Gasteiger partial charge on any atom is 0.339 e. The van der Waals surface area contributed by atoms with Crippen LogP contribution in [-0.2, 0) is 20.7 Å². The number of aromatic nitrogens is 1. The van der Waals surface area contributed by atoms with Crippen molar-refractivity contribution in [3.05, 3.63) is 22.5 Å². The molecule has 0 atom stereocenters. The smallest absolute Gasteiger partial charge is 0.339 e. The first-order chi connectivity index (χ1) is 14.3. The second-order valence-corrected chi connectivity index (χ2v) is 8.00. The lowest BCUT2D eigenvalue weighted by molar-refractivity contribution is -0.134. The number of aromatic amines is 1. The molecule has 1 aliphatic rings. The van der Waals surface area contributed by atoms with Crippen LogP contribution in [0.15, 0.2) is 0 Å². The minimum Gasteiger partial charge on any atom is -0.465 e. The summed E-state index contributed by atoms with van der Waals surface area (Å²) in [5, 5.41) is 5.89. The van der Waals surface area contributed by atoms with Gasteiger partial charge in [-0.25, -0.2) is 4.79 Å². The molecular weight excluding hydrogens is 386 g/mol. The Hall–Kier alpha value is -2.64. The third-order valence-corrected chi connectivity index (χ3v) is 5.74. The lowest BCUT2D eigenvalue weighted by atomic mass is 9.80. The Bertz CT molecular complexity index is 806. The number of H-pyrrole nitrogens is 1. The summed E-state index contributed by atoms with van der Waals surface area (Å²) in [7, 11) is 1.25. The van der Waals surface area contributed by atoms with E-state index in [4.69, 9.17) is 4.74 Å². The summed E-state index contributed by atoms with van der Waals surface area (Å²) in [5.41, 5.74) is 0.326. The van der Waals surface area contributed by atoms with Crippen LogP contribution in [0.5, 0.6) is 0 Å². The van der Waals surface area contributed by atoms with Gasteiger partial charge in [0, 0.05) is 19.2 Å². The van der Waals surface area contributed by atoms with Crippen molar-refractivity contribution in [1.82, 2.24) is 15.6 Å². The molecule has 1 heterocycles. The zero-order valence-electron chi connectivity index (χ0n) is 18.4. The zero-order chi connectivity index (χ0) is 22.3. The van der Waals surface area contributed by atoms with E-state index >= 15 is 0 Å². The second-order valence-electron chi connectivity index (χ2n) is 8.00. The van der Waals surface area contributed by atoms with Crippen LogP contribution in [0.25, 0.3) is 0 Å². The maximum absolute atomic E-state index is 12.9. The van der Waals surface area contributed by atoms with Crippen molar-refractivity contribution in [1.29, 1.82) is 0 Å². The van der Waals surface area contributed by atoms with E-state index < -0.39 is 11.5 Å². The van der Waals surface area contributed by atoms with Crippen molar-refractivity contribution >= 4 is 23.6 Å². The average Bonchev–Trinajstić information content (AvgIpc) is 3.04. The third-order valence-electron chi connectivity index (χ3n) is 5.74. The Labute approximate surface area is 177 Å². The molecule has 30 heavy (non-hydrogen) atoms. The third kappa shape index (κ3) is 5.29. The highest BCUT2D eigenvalue weighted by Crippen LogP contribution is 2.29. The molecule has 0 unspecified atom stereocenters. The summed E-state index contributed by atoms with van der Waals surface area (Å²) in [6.07, 6.45) is 5.64. The molecule has 1 saturated carbocycles. The Kier molecular flexibility index (Phi) is 8.20. The van der Waals surface area contributed by atoms with Gasteiger partial charge in [-0.05, 0) is 31.7 Å². The number of hydrogen-bond donors (Lipinski definition) is 3. The first-order valence-corrected chi connectivity index (χ1v) is 10.7. The number of carbonyl (C=O) groups excluding carboxylic acids is 4. The molecule has 2 rings (SSSR count). The number of ketones is 1. The van der Waals surface area contributed by atoms with Gasteiger partial charge in [0.05, 0.1) is 24.8 Å². The number of Topliss-reactive ketones (excluding diaryl/α,β-unsaturated/α-hetero) is 1. The van der Waals surface area contributed by atoms with E-state index in [1.54, 1.807) is 6.92 Å². The highest BCUT2D eigenvalue weighted by Gasteiger charge is 2.40. The molecule has 8 nitrogen and oxygen atoms in total. The Morgan fingerprint density at radius 2 is 1.80 bits per heavy atom. The fourth-order valence-corrected chi connectivity index (χ4v) is 4.11. The average molecular weight is 420 g/mol. The molecule has 0 radical (unpaired) electrons. The summed E-state index contributed by atoms with van der Waals surface area (Å²) in [6, 6.07) is 0. The number of ether oxygens (including phenoxy) is 1. The van der Waals surface area contributed by atoms with Gasteiger partial charge in [0.1, 0.15) is 5.54 Å². The van der Waals surface area contributed by atoms with Gasteiger partial charge in [-0.15, -0.1) is 0 Å². The molecule has 0 aliphatic heterocycles. The second kappa shape index (κ2) is 10.4. The minimum atomic E-state index is -0.931. The van der Waals surface area contributed by atoms with Crippen LogP contribution in [-0.4, -0.2) is 47.7 Å². The van der Waals surface area contributed by atoms with Crippen LogP contribution in [0, 0.1) is 6.92 Å². The Balaban J connectivity index is 2.23. The van der Waals surface area contributed by atoms with E-state index in [0.29, 0.717) is 30.6 Å². The fourth-order valence-electron chi connectivity index (χ4n) is 4.11. The Morgan fingerprint density at radius 3 is 2.37 bits per heavy atom. The fraction of sp³-hybridized carbons (Fsp3) is 0.636. The molecule has 1 aromatic heterocycles. The molecule has 0 aromatic carbocycles. The molecular formula is C22H33N3O5. The van der Waals surface area contributed by atoms with Gasteiger partial charge in [0.2, 0.25) is 11.8 Å². The van der Waals surface area contributed by atoms with Crippen LogP contribution in [0.4, 0.5) is 0 Å². The minimum absolute atomic E-state index is 0.149. The number of hydrogen-bond acceptors (Lipinski definition) is 5. The molecule has 2 amide bonds. The monoisotopic (exact) mass is 419 g/mol. The number of carbonyl (C=O) groups is 4. The number of unbranched alkanes of at least 4 members (excludes halogenated alkanes) is 1. The highest BCUT2D eigenvalue weighted by atomic mass is 16.5. The van der Waals surface area contributed by atoms with Crippen LogP contribution in [0.2, 0.25) is 0 Å². The summed E-state index contributed by atoms with van der Waals surface area (Å²) in [6.45, 7) is 5.67. The molecule has 1 aliphatic carbocycles. The van der Waals surface area contributed by atoms with Crippen molar-refractivity contribution in [2.24, 2.45) is 0 Å². The van der Waals surface area contributed by atoms with Gasteiger partial charge in [0.25, 0.3) is 0 Å². The summed E-state index contributed by atoms with van der Waals surface area (Å²) < 4.78 is 4.83. The number of nitrogens with one attached hydrogen (secondary N) is 3. The van der Waals surface area contributed by atoms with Crippen molar-refractivity contribution in [3.8, 4) is 0 Å². The molecule has 0 saturated heterocycles. The largest absolute Gasteiger partial charge is 0.465 e. The quantitative estimate of drug-likeness (QED) is 0.323. The molecule has 0 spiro atoms. The van der Waals surface area contributed by atoms with Crippen molar-refractivity contribution < 1.29 is 23.9 Å². The predicted molar refractivity (Wildman–Crippen MR) is 112 cm³/mol. The van der Waals surface area contributed by atoms with Crippen molar-refractivity contribution in [2.45, 2.75) is 77.7 Å². The van der Waals surface area contributed by atoms with Crippen LogP contribution in [0.1, 0.15) is 90.9 Å². The predicted octanol–water partition coefficient (Wildman–Crippen LogP) is 2.59. The van der Waals surface area contributed by atoms with Crippen molar-refractivity contribution in [3.63, 3.8) is 0 Å². The van der Waals surface area contributed by atoms with Crippen LogP contribution < -0.4 is 10.6 Å². The molecule has 3 N–H and O–H groups in total. The van der Waals surface area contributed by atoms with Gasteiger partial charge in [-0.1, -0.05) is 32.6 Å². The molecule has 8 heteroatoms. The standard InChI is InChI=1S/C22H33N3O5/c1-5-6-12-23-21(29)22(10-8-7-9-11-22)25-17(27)13-16-18(20(28)30-4)14(2)19(24-16)15(3)26/h24H,5-13H2,1-4H3,(H,23,29)(H,25,27). The van der Waals surface area contributed by atoms with Gasteiger partial charge in [-0.3, -0.25) is 14.4 Å². The lowest BCUT2D eigenvalue weighted by Crippen LogP contribution is -2.60. The number of methoxy groups -OCH3 is 1. The van der Waals surface area contributed by atoms with Gasteiger partial charge < -0.3 is 20.4 Å². The molecule has 166 valence electrons. The highest BCUT2D eigenvalue weighted by molar-refractivity contribution is 6.01. The first-order valence-electron chi connectivity index (χ1n) is 10.7. The van der Waals surface area contributed by atoms with E-state index in [2.05, 4.69) is 22.5 Å². The number of rotatable bonds is 9. The zero-order valence-corrected chi connectivity index (χ0v) is 18.4. The Morgan fingerprint density at radius 1 is 1.13 bits per heavy atom. The molecule has 1 fully saturated rings. The summed E-state index contributed by atoms with van der Waals surface area (Å²) >= 11 is 0. The van der Waals surface area contributed by atoms with E-state index in [1.165, 1.54) is 14.0 Å². The van der Waals surface area contributed by atoms with E-state index in [9.17, 15) is 19.2 Å². The van der Waals surface area contributed by atoms with Crippen LogP contribution >= 0.6 is 0 Å². The number of amides is 2. The normalized spacial score (nSPS) is 15.3. The van der Waals surface area contributed by atoms with Gasteiger partial charge in [-0.2, -0.15) is 0 Å². The molecule has 1 aromatic rings.